The standard InChI is InChI=1S/C33H57NO2Si/c1-8-37(9-2,10-3)36-25-14-16-31(6)24(19-25)11-12-26-27(31)15-17-32(7)28(26)20-29-30(32)23(5)33(35-29)18-13-22(4)21-34-33/h11,22-23,25-30,34H,8-10,12-21H2,1-7H3/t22-,23+,25+,26-,27+,28+,29+,30+,31+,32+,33-/m1/s1. The fourth-order valence-corrected chi connectivity index (χ4v) is 14.2. The van der Waals surface area contributed by atoms with Crippen LogP contribution in [0.5, 0.6) is 0 Å². The van der Waals surface area contributed by atoms with Crippen molar-refractivity contribution in [2.24, 2.45) is 46.3 Å². The van der Waals surface area contributed by atoms with Crippen LogP contribution in [0.15, 0.2) is 11.6 Å². The summed E-state index contributed by atoms with van der Waals surface area (Å²) < 4.78 is 14.1. The molecule has 11 atom stereocenters. The lowest BCUT2D eigenvalue weighted by atomic mass is 9.47. The van der Waals surface area contributed by atoms with Gasteiger partial charge in [-0.3, -0.25) is 5.32 Å². The fraction of sp³-hybridized carbons (Fsp3) is 0.939. The molecule has 0 radical (unpaired) electrons. The van der Waals surface area contributed by atoms with Crippen LogP contribution in [0.25, 0.3) is 0 Å². The van der Waals surface area contributed by atoms with Gasteiger partial charge < -0.3 is 9.16 Å². The maximum absolute atomic E-state index is 7.10. The number of hydrogen-bond donors (Lipinski definition) is 1. The minimum absolute atomic E-state index is 0.0370. The molecule has 1 N–H and O–H groups in total. The molecule has 6 aliphatic rings. The summed E-state index contributed by atoms with van der Waals surface area (Å²) in [6, 6.07) is 3.82. The lowest BCUT2D eigenvalue weighted by molar-refractivity contribution is -0.115. The van der Waals surface area contributed by atoms with Gasteiger partial charge in [-0.25, -0.2) is 0 Å². The van der Waals surface area contributed by atoms with Crippen LogP contribution in [0.3, 0.4) is 0 Å². The Kier molecular flexibility index (Phi) is 6.90. The predicted octanol–water partition coefficient (Wildman–Crippen LogP) is 8.32. The lowest BCUT2D eigenvalue weighted by Crippen LogP contribution is -2.57. The van der Waals surface area contributed by atoms with Gasteiger partial charge in [0.05, 0.1) is 6.10 Å². The third kappa shape index (κ3) is 3.96. The van der Waals surface area contributed by atoms with E-state index in [4.69, 9.17) is 9.16 Å². The molecule has 0 bridgehead atoms. The van der Waals surface area contributed by atoms with Crippen molar-refractivity contribution in [2.75, 3.05) is 6.54 Å². The second-order valence-corrected chi connectivity index (χ2v) is 19.9. The average molecular weight is 528 g/mol. The molecule has 0 aromatic heterocycles. The van der Waals surface area contributed by atoms with E-state index in [0.717, 1.165) is 36.1 Å². The van der Waals surface area contributed by atoms with Crippen LogP contribution >= 0.6 is 0 Å². The highest BCUT2D eigenvalue weighted by molar-refractivity contribution is 6.73. The minimum atomic E-state index is -1.53. The molecule has 4 heteroatoms. The second kappa shape index (κ2) is 9.45. The highest BCUT2D eigenvalue weighted by Crippen LogP contribution is 2.70. The molecular formula is C33H57NO2Si. The number of fused-ring (bicyclic) bond motifs is 7. The average Bonchev–Trinajstić information content (AvgIpc) is 3.34. The highest BCUT2D eigenvalue weighted by atomic mass is 28.4. The van der Waals surface area contributed by atoms with Crippen LogP contribution in [0, 0.1) is 46.3 Å². The third-order valence-corrected chi connectivity index (χ3v) is 18.6. The molecular weight excluding hydrogens is 470 g/mol. The van der Waals surface area contributed by atoms with Crippen LogP contribution in [-0.4, -0.2) is 32.8 Å². The van der Waals surface area contributed by atoms with Gasteiger partial charge in [0.1, 0.15) is 5.72 Å². The molecule has 5 fully saturated rings. The van der Waals surface area contributed by atoms with E-state index in [0.29, 0.717) is 29.0 Å². The zero-order valence-electron chi connectivity index (χ0n) is 25.2. The SMILES string of the molecule is CC[Si](CC)(CC)O[C@H]1CC[C@@]2(C)C(=CC[C@H]3[C@@H]4C[C@@H]5O[C@]6(CC[C@@H](C)CN6)[C@@H](C)[C@@H]5[C@@]4(C)CC[C@@H]32)C1. The van der Waals surface area contributed by atoms with E-state index in [1.807, 2.05) is 0 Å². The van der Waals surface area contributed by atoms with Gasteiger partial charge in [0, 0.05) is 18.6 Å². The Morgan fingerprint density at radius 2 is 1.76 bits per heavy atom. The third-order valence-electron chi connectivity index (χ3n) is 13.9. The van der Waals surface area contributed by atoms with E-state index < -0.39 is 8.32 Å². The Hall–Kier alpha value is -0.163. The summed E-state index contributed by atoms with van der Waals surface area (Å²) in [5, 5.41) is 3.93. The van der Waals surface area contributed by atoms with Crippen LogP contribution in [-0.2, 0) is 9.16 Å². The molecule has 0 amide bonds. The Bertz CT molecular complexity index is 882. The van der Waals surface area contributed by atoms with E-state index in [2.05, 4.69) is 59.9 Å². The summed E-state index contributed by atoms with van der Waals surface area (Å²) in [7, 11) is -1.53. The molecule has 2 saturated heterocycles. The molecule has 6 rings (SSSR count). The van der Waals surface area contributed by atoms with E-state index in [1.54, 1.807) is 5.57 Å². The Balaban J connectivity index is 1.20. The van der Waals surface area contributed by atoms with Crippen LogP contribution in [0.4, 0.5) is 0 Å². The van der Waals surface area contributed by atoms with Crippen molar-refractivity contribution in [3.05, 3.63) is 11.6 Å². The largest absolute Gasteiger partial charge is 0.414 e. The van der Waals surface area contributed by atoms with Gasteiger partial charge in [-0.15, -0.1) is 0 Å². The summed E-state index contributed by atoms with van der Waals surface area (Å²) in [6.07, 6.45) is 15.5. The first kappa shape index (κ1) is 27.0. The van der Waals surface area contributed by atoms with Crippen molar-refractivity contribution in [1.29, 1.82) is 0 Å². The van der Waals surface area contributed by atoms with E-state index in [-0.39, 0.29) is 5.72 Å². The van der Waals surface area contributed by atoms with Crippen molar-refractivity contribution in [3.63, 3.8) is 0 Å². The van der Waals surface area contributed by atoms with Gasteiger partial charge in [0.2, 0.25) is 0 Å². The topological polar surface area (TPSA) is 30.5 Å². The van der Waals surface area contributed by atoms with E-state index >= 15 is 0 Å². The second-order valence-electron chi connectivity index (χ2n) is 15.2. The molecule has 0 unspecified atom stereocenters. The molecule has 4 aliphatic carbocycles. The number of nitrogens with one attached hydrogen (secondary N) is 1. The molecule has 210 valence electrons. The summed E-state index contributed by atoms with van der Waals surface area (Å²) in [5.74, 6) is 4.72. The normalized spacial score (nSPS) is 51.3. The highest BCUT2D eigenvalue weighted by Gasteiger charge is 2.68. The first-order valence-corrected chi connectivity index (χ1v) is 19.0. The van der Waals surface area contributed by atoms with Crippen molar-refractivity contribution in [3.8, 4) is 0 Å². The summed E-state index contributed by atoms with van der Waals surface area (Å²) in [5.41, 5.74) is 2.61. The maximum atomic E-state index is 7.10. The first-order chi connectivity index (χ1) is 17.6. The molecule has 3 nitrogen and oxygen atoms in total. The van der Waals surface area contributed by atoms with E-state index in [1.165, 1.54) is 75.9 Å². The van der Waals surface area contributed by atoms with Crippen LogP contribution in [0.2, 0.25) is 18.1 Å². The van der Waals surface area contributed by atoms with Gasteiger partial charge in [0.15, 0.2) is 8.32 Å². The van der Waals surface area contributed by atoms with Gasteiger partial charge in [-0.2, -0.15) is 0 Å². The Labute approximate surface area is 229 Å². The molecule has 0 aromatic rings. The quantitative estimate of drug-likeness (QED) is 0.288. The summed E-state index contributed by atoms with van der Waals surface area (Å²) >= 11 is 0. The minimum Gasteiger partial charge on any atom is -0.414 e. The molecule has 37 heavy (non-hydrogen) atoms. The predicted molar refractivity (Wildman–Crippen MR) is 156 cm³/mol. The van der Waals surface area contributed by atoms with Crippen molar-refractivity contribution in [2.45, 2.75) is 142 Å². The van der Waals surface area contributed by atoms with Crippen LogP contribution < -0.4 is 5.32 Å². The fourth-order valence-electron chi connectivity index (χ4n) is 11.3. The lowest BCUT2D eigenvalue weighted by Gasteiger charge is -2.59. The number of allylic oxidation sites excluding steroid dienone is 1. The number of piperidine rings is 1. The van der Waals surface area contributed by atoms with Crippen molar-refractivity contribution < 1.29 is 9.16 Å². The molecule has 1 spiro atoms. The summed E-state index contributed by atoms with van der Waals surface area (Å²) in [4.78, 5) is 0. The molecule has 0 aromatic carbocycles. The number of rotatable bonds is 5. The Morgan fingerprint density at radius 1 is 1.00 bits per heavy atom. The Morgan fingerprint density at radius 3 is 2.43 bits per heavy atom. The first-order valence-electron chi connectivity index (χ1n) is 16.4. The smallest absolute Gasteiger partial charge is 0.192 e. The van der Waals surface area contributed by atoms with Gasteiger partial charge in [-0.1, -0.05) is 60.1 Å². The molecule has 2 aliphatic heterocycles. The number of hydrogen-bond acceptors (Lipinski definition) is 3. The number of ether oxygens (including phenoxy) is 1. The zero-order chi connectivity index (χ0) is 26.2. The monoisotopic (exact) mass is 527 g/mol. The van der Waals surface area contributed by atoms with Gasteiger partial charge in [0.25, 0.3) is 0 Å². The van der Waals surface area contributed by atoms with Gasteiger partial charge >= 0.3 is 0 Å². The zero-order valence-corrected chi connectivity index (χ0v) is 26.2. The van der Waals surface area contributed by atoms with Gasteiger partial charge in [-0.05, 0) is 116 Å². The molecule has 2 heterocycles. The van der Waals surface area contributed by atoms with E-state index in [9.17, 15) is 0 Å². The summed E-state index contributed by atoms with van der Waals surface area (Å²) in [6.45, 7) is 18.6. The van der Waals surface area contributed by atoms with Crippen LogP contribution in [0.1, 0.15) is 106 Å². The van der Waals surface area contributed by atoms with Crippen molar-refractivity contribution >= 4 is 8.32 Å². The maximum Gasteiger partial charge on any atom is 0.192 e. The molecule has 3 saturated carbocycles. The van der Waals surface area contributed by atoms with Crippen molar-refractivity contribution in [1.82, 2.24) is 5.32 Å².